The molecule has 0 unspecified atom stereocenters. The molecule has 0 fully saturated rings. The Kier molecular flexibility index (Phi) is 3.82. The molecule has 0 aliphatic rings. The van der Waals surface area contributed by atoms with E-state index in [-0.39, 0.29) is 5.33 Å². The molecule has 0 saturated heterocycles. The van der Waals surface area contributed by atoms with Crippen LogP contribution in [0.25, 0.3) is 0 Å². The average molecular weight is 308 g/mol. The standard InChI is InChI=1S/C8H4BrF6N/c9-2-3-1-4(6(10)11)16-7(12)5(3)8(13,14)15/h1,6H,2H2. The number of hydrogen-bond acceptors (Lipinski definition) is 1. The van der Waals surface area contributed by atoms with Gasteiger partial charge in [-0.1, -0.05) is 15.9 Å². The first kappa shape index (κ1) is 13.3. The second-order valence-corrected chi connectivity index (χ2v) is 3.36. The maximum Gasteiger partial charge on any atom is 0.421 e. The Labute approximate surface area is 94.6 Å². The van der Waals surface area contributed by atoms with Gasteiger partial charge in [0.15, 0.2) is 0 Å². The van der Waals surface area contributed by atoms with Gasteiger partial charge in [0.05, 0.1) is 0 Å². The van der Waals surface area contributed by atoms with E-state index in [0.717, 1.165) is 0 Å². The van der Waals surface area contributed by atoms with Crippen LogP contribution >= 0.6 is 15.9 Å². The van der Waals surface area contributed by atoms with Gasteiger partial charge in [-0.15, -0.1) is 0 Å². The third kappa shape index (κ3) is 2.66. The van der Waals surface area contributed by atoms with Gasteiger partial charge in [-0.05, 0) is 11.6 Å². The molecule has 0 N–H and O–H groups in total. The summed E-state index contributed by atoms with van der Waals surface area (Å²) in [5, 5.41) is -0.388. The molecule has 8 heteroatoms. The Bertz CT molecular complexity index is 389. The Morgan fingerprint density at radius 3 is 2.25 bits per heavy atom. The van der Waals surface area contributed by atoms with E-state index in [1.807, 2.05) is 0 Å². The molecule has 0 aliphatic heterocycles. The largest absolute Gasteiger partial charge is 0.421 e. The van der Waals surface area contributed by atoms with Crippen molar-refractivity contribution in [3.8, 4) is 0 Å². The highest BCUT2D eigenvalue weighted by atomic mass is 79.9. The van der Waals surface area contributed by atoms with Gasteiger partial charge >= 0.3 is 6.18 Å². The molecule has 1 aromatic rings. The lowest BCUT2D eigenvalue weighted by Crippen LogP contribution is -2.14. The van der Waals surface area contributed by atoms with Crippen molar-refractivity contribution in [2.45, 2.75) is 17.9 Å². The SMILES string of the molecule is Fc1nc(C(F)F)cc(CBr)c1C(F)(F)F. The van der Waals surface area contributed by atoms with E-state index in [1.165, 1.54) is 0 Å². The first-order chi connectivity index (χ1) is 7.27. The lowest BCUT2D eigenvalue weighted by molar-refractivity contribution is -0.141. The number of halogens is 7. The molecule has 0 bridgehead atoms. The van der Waals surface area contributed by atoms with E-state index < -0.39 is 35.4 Å². The van der Waals surface area contributed by atoms with Crippen molar-refractivity contribution in [1.29, 1.82) is 0 Å². The minimum absolute atomic E-state index is 0.388. The quantitative estimate of drug-likeness (QED) is 0.456. The predicted octanol–water partition coefficient (Wildman–Crippen LogP) is 4.07. The molecular weight excluding hydrogens is 304 g/mol. The molecule has 0 spiro atoms. The third-order valence-electron chi connectivity index (χ3n) is 1.73. The Morgan fingerprint density at radius 1 is 1.31 bits per heavy atom. The third-order valence-corrected chi connectivity index (χ3v) is 2.33. The summed E-state index contributed by atoms with van der Waals surface area (Å²) in [6, 6.07) is 0.533. The van der Waals surface area contributed by atoms with Crippen molar-refractivity contribution in [1.82, 2.24) is 4.98 Å². The van der Waals surface area contributed by atoms with Crippen LogP contribution in [0.4, 0.5) is 26.3 Å². The highest BCUT2D eigenvalue weighted by Gasteiger charge is 2.38. The maximum absolute atomic E-state index is 13.0. The fourth-order valence-electron chi connectivity index (χ4n) is 1.10. The first-order valence-corrected chi connectivity index (χ1v) is 5.00. The van der Waals surface area contributed by atoms with Gasteiger partial charge in [0.25, 0.3) is 6.43 Å². The number of alkyl halides is 6. The van der Waals surface area contributed by atoms with Crippen molar-refractivity contribution in [2.24, 2.45) is 0 Å². The van der Waals surface area contributed by atoms with Crippen LogP contribution < -0.4 is 0 Å². The molecule has 0 amide bonds. The van der Waals surface area contributed by atoms with Crippen LogP contribution in [0, 0.1) is 5.95 Å². The summed E-state index contributed by atoms with van der Waals surface area (Å²) in [5.74, 6) is -1.93. The number of hydrogen-bond donors (Lipinski definition) is 0. The Balaban J connectivity index is 3.41. The van der Waals surface area contributed by atoms with Gasteiger partial charge in [-0.3, -0.25) is 0 Å². The van der Waals surface area contributed by atoms with Crippen LogP contribution in [0.2, 0.25) is 0 Å². The molecule has 1 aromatic heterocycles. The lowest BCUT2D eigenvalue weighted by Gasteiger charge is -2.13. The van der Waals surface area contributed by atoms with E-state index in [2.05, 4.69) is 20.9 Å². The first-order valence-electron chi connectivity index (χ1n) is 3.88. The molecule has 90 valence electrons. The average Bonchev–Trinajstić information content (AvgIpc) is 2.14. The summed E-state index contributed by atoms with van der Waals surface area (Å²) >= 11 is 2.68. The Morgan fingerprint density at radius 2 is 1.88 bits per heavy atom. The van der Waals surface area contributed by atoms with Crippen LogP contribution in [-0.4, -0.2) is 4.98 Å². The van der Waals surface area contributed by atoms with Crippen LogP contribution in [0.1, 0.15) is 23.2 Å². The number of nitrogens with zero attached hydrogens (tertiary/aromatic N) is 1. The van der Waals surface area contributed by atoms with Crippen LogP contribution in [0.15, 0.2) is 6.07 Å². The van der Waals surface area contributed by atoms with Gasteiger partial charge in [0.1, 0.15) is 11.3 Å². The zero-order valence-corrected chi connectivity index (χ0v) is 9.04. The van der Waals surface area contributed by atoms with Crippen molar-refractivity contribution < 1.29 is 26.3 Å². The lowest BCUT2D eigenvalue weighted by atomic mass is 10.1. The van der Waals surface area contributed by atoms with Gasteiger partial charge < -0.3 is 0 Å². The van der Waals surface area contributed by atoms with E-state index in [9.17, 15) is 26.3 Å². The molecule has 0 radical (unpaired) electrons. The molecular formula is C8H4BrF6N. The molecule has 0 atom stereocenters. The molecule has 1 heterocycles. The second-order valence-electron chi connectivity index (χ2n) is 2.80. The molecule has 1 rings (SSSR count). The summed E-state index contributed by atoms with van der Waals surface area (Å²) in [4.78, 5) is 2.59. The molecule has 0 aromatic carbocycles. The monoisotopic (exact) mass is 307 g/mol. The maximum atomic E-state index is 13.0. The number of pyridine rings is 1. The highest BCUT2D eigenvalue weighted by molar-refractivity contribution is 9.08. The van der Waals surface area contributed by atoms with Crippen LogP contribution in [0.5, 0.6) is 0 Å². The fraction of sp³-hybridized carbons (Fsp3) is 0.375. The van der Waals surface area contributed by atoms with Crippen LogP contribution in [-0.2, 0) is 11.5 Å². The molecule has 0 saturated carbocycles. The van der Waals surface area contributed by atoms with Gasteiger partial charge in [0, 0.05) is 5.33 Å². The smallest absolute Gasteiger partial charge is 0.218 e. The summed E-state index contributed by atoms with van der Waals surface area (Å²) in [6.07, 6.45) is -8.07. The zero-order chi connectivity index (χ0) is 12.5. The number of rotatable bonds is 2. The minimum Gasteiger partial charge on any atom is -0.218 e. The fourth-order valence-corrected chi connectivity index (χ4v) is 1.54. The van der Waals surface area contributed by atoms with Crippen molar-refractivity contribution in [2.75, 3.05) is 0 Å². The summed E-state index contributed by atoms with van der Waals surface area (Å²) in [5.41, 5.74) is -3.23. The van der Waals surface area contributed by atoms with E-state index >= 15 is 0 Å². The second kappa shape index (κ2) is 4.60. The van der Waals surface area contributed by atoms with Gasteiger partial charge in [0.2, 0.25) is 5.95 Å². The van der Waals surface area contributed by atoms with Crippen molar-refractivity contribution in [3.05, 3.63) is 28.8 Å². The van der Waals surface area contributed by atoms with Crippen LogP contribution in [0.3, 0.4) is 0 Å². The predicted molar refractivity (Wildman–Crippen MR) is 46.8 cm³/mol. The van der Waals surface area contributed by atoms with Crippen molar-refractivity contribution in [3.63, 3.8) is 0 Å². The van der Waals surface area contributed by atoms with E-state index in [0.29, 0.717) is 6.07 Å². The zero-order valence-electron chi connectivity index (χ0n) is 7.45. The summed E-state index contributed by atoms with van der Waals surface area (Å²) in [7, 11) is 0. The summed E-state index contributed by atoms with van der Waals surface area (Å²) in [6.45, 7) is 0. The van der Waals surface area contributed by atoms with E-state index in [1.54, 1.807) is 0 Å². The minimum atomic E-state index is -4.96. The topological polar surface area (TPSA) is 12.9 Å². The highest BCUT2D eigenvalue weighted by Crippen LogP contribution is 2.35. The van der Waals surface area contributed by atoms with Crippen molar-refractivity contribution >= 4 is 15.9 Å². The van der Waals surface area contributed by atoms with Gasteiger partial charge in [-0.25, -0.2) is 13.8 Å². The van der Waals surface area contributed by atoms with Gasteiger partial charge in [-0.2, -0.15) is 17.6 Å². The summed E-state index contributed by atoms with van der Waals surface area (Å²) < 4.78 is 74.3. The van der Waals surface area contributed by atoms with E-state index in [4.69, 9.17) is 0 Å². The molecule has 1 nitrogen and oxygen atoms in total. The Hall–Kier alpha value is -0.790. The number of aromatic nitrogens is 1. The molecule has 16 heavy (non-hydrogen) atoms. The molecule has 0 aliphatic carbocycles. The normalized spacial score (nSPS) is 12.2.